The highest BCUT2D eigenvalue weighted by Gasteiger charge is 2.32. The van der Waals surface area contributed by atoms with Gasteiger partial charge in [0.2, 0.25) is 0 Å². The third-order valence-corrected chi connectivity index (χ3v) is 4.89. The van der Waals surface area contributed by atoms with Crippen LogP contribution in [0.2, 0.25) is 0 Å². The predicted octanol–water partition coefficient (Wildman–Crippen LogP) is 2.49. The van der Waals surface area contributed by atoms with E-state index in [1.165, 1.54) is 38.0 Å². The Morgan fingerprint density at radius 2 is 2.10 bits per heavy atom. The topological polar surface area (TPSA) is 24.5 Å². The summed E-state index contributed by atoms with van der Waals surface area (Å²) in [7, 11) is 0. The molecule has 0 aromatic heterocycles. The van der Waals surface area contributed by atoms with E-state index in [9.17, 15) is 0 Å². The zero-order valence-corrected chi connectivity index (χ0v) is 13.1. The van der Waals surface area contributed by atoms with Crippen molar-refractivity contribution in [2.75, 3.05) is 39.4 Å². The molecular weight excluding hydrogens is 260 g/mol. The maximum absolute atomic E-state index is 5.70. The molecule has 2 heterocycles. The van der Waals surface area contributed by atoms with Crippen molar-refractivity contribution in [3.8, 4) is 0 Å². The van der Waals surface area contributed by atoms with E-state index >= 15 is 0 Å². The molecule has 3 nitrogen and oxygen atoms in total. The summed E-state index contributed by atoms with van der Waals surface area (Å²) in [5.74, 6) is 1.38. The molecule has 3 heteroatoms. The summed E-state index contributed by atoms with van der Waals surface area (Å²) in [6, 6.07) is 11.5. The first-order valence-corrected chi connectivity index (χ1v) is 8.45. The fourth-order valence-electron chi connectivity index (χ4n) is 3.66. The summed E-state index contributed by atoms with van der Waals surface area (Å²) in [5, 5.41) is 3.65. The van der Waals surface area contributed by atoms with Crippen LogP contribution < -0.4 is 5.32 Å². The van der Waals surface area contributed by atoms with E-state index in [1.54, 1.807) is 0 Å². The van der Waals surface area contributed by atoms with Crippen molar-refractivity contribution in [1.29, 1.82) is 0 Å². The molecule has 3 atom stereocenters. The zero-order chi connectivity index (χ0) is 14.5. The number of nitrogens with zero attached hydrogens (tertiary/aromatic N) is 1. The third-order valence-electron chi connectivity index (χ3n) is 4.89. The number of hydrogen-bond donors (Lipinski definition) is 1. The fraction of sp³-hybridized carbons (Fsp3) is 0.667. The van der Waals surface area contributed by atoms with Crippen molar-refractivity contribution in [3.63, 3.8) is 0 Å². The molecule has 0 amide bonds. The van der Waals surface area contributed by atoms with Crippen molar-refractivity contribution in [3.05, 3.63) is 35.9 Å². The van der Waals surface area contributed by atoms with Crippen LogP contribution in [-0.4, -0.2) is 50.3 Å². The number of rotatable bonds is 6. The van der Waals surface area contributed by atoms with Gasteiger partial charge in [-0.3, -0.25) is 0 Å². The maximum atomic E-state index is 5.70. The van der Waals surface area contributed by atoms with Crippen molar-refractivity contribution in [1.82, 2.24) is 10.2 Å². The minimum absolute atomic E-state index is 0.556. The highest BCUT2D eigenvalue weighted by Crippen LogP contribution is 2.28. The summed E-state index contributed by atoms with van der Waals surface area (Å²) in [5.41, 5.74) is 1.50. The summed E-state index contributed by atoms with van der Waals surface area (Å²) in [6.07, 6.45) is 2.49. The number of likely N-dealkylation sites (tertiary alicyclic amines) is 1. The van der Waals surface area contributed by atoms with Crippen molar-refractivity contribution in [2.24, 2.45) is 5.92 Å². The Balaban J connectivity index is 1.50. The van der Waals surface area contributed by atoms with E-state index < -0.39 is 0 Å². The molecule has 1 aromatic carbocycles. The van der Waals surface area contributed by atoms with Crippen LogP contribution in [-0.2, 0) is 4.74 Å². The van der Waals surface area contributed by atoms with Gasteiger partial charge >= 0.3 is 0 Å². The molecule has 21 heavy (non-hydrogen) atoms. The summed E-state index contributed by atoms with van der Waals surface area (Å²) >= 11 is 0. The average Bonchev–Trinajstić information content (AvgIpc) is 3.16. The molecule has 1 N–H and O–H groups in total. The molecule has 0 radical (unpaired) electrons. The lowest BCUT2D eigenvalue weighted by molar-refractivity contribution is 0.173. The minimum Gasteiger partial charge on any atom is -0.379 e. The number of nitrogens with one attached hydrogen (secondary N) is 1. The lowest BCUT2D eigenvalue weighted by Crippen LogP contribution is -2.41. The first-order chi connectivity index (χ1) is 10.4. The van der Waals surface area contributed by atoms with E-state index in [4.69, 9.17) is 4.74 Å². The van der Waals surface area contributed by atoms with E-state index in [2.05, 4.69) is 47.5 Å². The van der Waals surface area contributed by atoms with Gasteiger partial charge in [0.15, 0.2) is 0 Å². The van der Waals surface area contributed by atoms with Gasteiger partial charge in [0.1, 0.15) is 0 Å². The van der Waals surface area contributed by atoms with Crippen LogP contribution in [0.15, 0.2) is 30.3 Å². The quantitative estimate of drug-likeness (QED) is 0.870. The van der Waals surface area contributed by atoms with Gasteiger partial charge in [-0.1, -0.05) is 37.3 Å². The van der Waals surface area contributed by atoms with Gasteiger partial charge in [-0.15, -0.1) is 0 Å². The van der Waals surface area contributed by atoms with Gasteiger partial charge < -0.3 is 15.0 Å². The molecule has 2 aliphatic heterocycles. The van der Waals surface area contributed by atoms with Crippen LogP contribution in [0.5, 0.6) is 0 Å². The molecule has 2 saturated heterocycles. The van der Waals surface area contributed by atoms with Crippen LogP contribution in [0.4, 0.5) is 0 Å². The van der Waals surface area contributed by atoms with E-state index in [-0.39, 0.29) is 0 Å². The normalized spacial score (nSPS) is 30.0. The molecule has 116 valence electrons. The molecule has 0 bridgehead atoms. The second-order valence-corrected chi connectivity index (χ2v) is 6.51. The first-order valence-electron chi connectivity index (χ1n) is 8.45. The Bertz CT molecular complexity index is 422. The highest BCUT2D eigenvalue weighted by molar-refractivity contribution is 5.21. The summed E-state index contributed by atoms with van der Waals surface area (Å²) < 4.78 is 5.70. The van der Waals surface area contributed by atoms with Gasteiger partial charge in [0.25, 0.3) is 0 Å². The van der Waals surface area contributed by atoms with Gasteiger partial charge in [-0.25, -0.2) is 0 Å². The molecule has 3 rings (SSSR count). The van der Waals surface area contributed by atoms with Gasteiger partial charge in [0, 0.05) is 25.0 Å². The van der Waals surface area contributed by atoms with E-state index in [1.807, 2.05) is 0 Å². The van der Waals surface area contributed by atoms with Gasteiger partial charge in [-0.2, -0.15) is 0 Å². The Morgan fingerprint density at radius 3 is 2.90 bits per heavy atom. The lowest BCUT2D eigenvalue weighted by Gasteiger charge is -2.24. The summed E-state index contributed by atoms with van der Waals surface area (Å²) in [4.78, 5) is 2.64. The van der Waals surface area contributed by atoms with E-state index in [0.29, 0.717) is 12.0 Å². The smallest absolute Gasteiger partial charge is 0.0623 e. The van der Waals surface area contributed by atoms with Crippen LogP contribution in [0.25, 0.3) is 0 Å². The van der Waals surface area contributed by atoms with Crippen molar-refractivity contribution >= 4 is 0 Å². The highest BCUT2D eigenvalue weighted by atomic mass is 16.5. The molecular formula is C18H28N2O. The van der Waals surface area contributed by atoms with E-state index in [0.717, 1.165) is 25.7 Å². The largest absolute Gasteiger partial charge is 0.379 e. The SMILES string of the molecule is CCCNC1COCC1CN1CCC(c2ccccc2)C1. The first kappa shape index (κ1) is 15.0. The number of hydrogen-bond acceptors (Lipinski definition) is 3. The van der Waals surface area contributed by atoms with Crippen LogP contribution in [0.3, 0.4) is 0 Å². The fourth-order valence-corrected chi connectivity index (χ4v) is 3.66. The number of benzene rings is 1. The minimum atomic E-state index is 0.556. The molecule has 0 saturated carbocycles. The Hall–Kier alpha value is -0.900. The molecule has 0 aliphatic carbocycles. The van der Waals surface area contributed by atoms with Crippen LogP contribution in [0.1, 0.15) is 31.2 Å². The van der Waals surface area contributed by atoms with Gasteiger partial charge in [0.05, 0.1) is 13.2 Å². The Labute approximate surface area is 128 Å². The predicted molar refractivity (Wildman–Crippen MR) is 86.6 cm³/mol. The Kier molecular flexibility index (Phi) is 5.28. The second-order valence-electron chi connectivity index (χ2n) is 6.51. The van der Waals surface area contributed by atoms with Crippen LogP contribution >= 0.6 is 0 Å². The third kappa shape index (κ3) is 3.85. The molecule has 0 spiro atoms. The lowest BCUT2D eigenvalue weighted by atomic mass is 9.98. The monoisotopic (exact) mass is 288 g/mol. The molecule has 2 fully saturated rings. The van der Waals surface area contributed by atoms with Crippen molar-refractivity contribution < 1.29 is 4.74 Å². The Morgan fingerprint density at radius 1 is 1.24 bits per heavy atom. The van der Waals surface area contributed by atoms with Gasteiger partial charge in [-0.05, 0) is 37.4 Å². The summed E-state index contributed by atoms with van der Waals surface area (Å²) in [6.45, 7) is 8.77. The average molecular weight is 288 g/mol. The maximum Gasteiger partial charge on any atom is 0.0623 e. The molecule has 2 aliphatic rings. The molecule has 3 unspecified atom stereocenters. The zero-order valence-electron chi connectivity index (χ0n) is 13.1. The van der Waals surface area contributed by atoms with Crippen molar-refractivity contribution in [2.45, 2.75) is 31.7 Å². The second kappa shape index (κ2) is 7.39. The molecule has 1 aromatic rings. The van der Waals surface area contributed by atoms with Crippen LogP contribution in [0, 0.1) is 5.92 Å². The standard InChI is InChI=1S/C18H28N2O/c1-2-9-19-18-14-21-13-17(18)12-20-10-8-16(11-20)15-6-4-3-5-7-15/h3-7,16-19H,2,8-14H2,1H3. The number of ether oxygens (including phenoxy) is 1.